The Morgan fingerprint density at radius 1 is 0.658 bits per heavy atom. The van der Waals surface area contributed by atoms with Gasteiger partial charge in [0.25, 0.3) is 11.8 Å². The predicted octanol–water partition coefficient (Wildman–Crippen LogP) is 2.57. The Kier molecular flexibility index (Phi) is 8.00. The van der Waals surface area contributed by atoms with Crippen LogP contribution in [0.4, 0.5) is 0 Å². The molecule has 3 N–H and O–H groups in total. The summed E-state index contributed by atoms with van der Waals surface area (Å²) >= 11 is 0. The number of imide groups is 1. The molecular weight excluding hydrogens is 486 g/mol. The molecule has 0 radical (unpaired) electrons. The minimum atomic E-state index is -0.419. The van der Waals surface area contributed by atoms with Gasteiger partial charge in [0.2, 0.25) is 0 Å². The fourth-order valence-corrected chi connectivity index (χ4v) is 5.02. The summed E-state index contributed by atoms with van der Waals surface area (Å²) in [6, 6.07) is 15.6. The molecule has 5 rings (SSSR count). The number of carbonyl (C=O) groups is 2. The average Bonchev–Trinajstić information content (AvgIpc) is 3.57. The highest BCUT2D eigenvalue weighted by Crippen LogP contribution is 2.39. The minimum Gasteiger partial charge on any atom is -0.396 e. The van der Waals surface area contributed by atoms with E-state index in [1.807, 2.05) is 70.1 Å². The first-order valence-corrected chi connectivity index (χ1v) is 12.8. The van der Waals surface area contributed by atoms with Crippen molar-refractivity contribution in [2.45, 2.75) is 19.5 Å². The monoisotopic (exact) mass is 517 g/mol. The fraction of sp³-hybridized carbons (Fsp3) is 0.310. The third kappa shape index (κ3) is 5.01. The number of aliphatic hydroxyl groups excluding tert-OH is 2. The number of fused-ring (bicyclic) bond motifs is 2. The summed E-state index contributed by atoms with van der Waals surface area (Å²) in [7, 11) is 0. The number of benzene rings is 2. The second-order valence-corrected chi connectivity index (χ2v) is 9.07. The highest BCUT2D eigenvalue weighted by Gasteiger charge is 2.35. The van der Waals surface area contributed by atoms with Crippen molar-refractivity contribution in [2.75, 3.05) is 39.6 Å². The maximum absolute atomic E-state index is 13.2. The zero-order chi connectivity index (χ0) is 26.5. The molecule has 2 aromatic carbocycles. The lowest BCUT2D eigenvalue weighted by molar-refractivity contribution is -0.122. The van der Waals surface area contributed by atoms with Crippen LogP contribution in [0.25, 0.3) is 33.0 Å². The number of aliphatic hydroxyl groups is 2. The molecule has 4 aromatic rings. The smallest absolute Gasteiger partial charge is 0.259 e. The summed E-state index contributed by atoms with van der Waals surface area (Å²) in [5.74, 6) is -0.838. The van der Waals surface area contributed by atoms with E-state index in [9.17, 15) is 14.7 Å². The third-order valence-electron chi connectivity index (χ3n) is 6.69. The Morgan fingerprint density at radius 2 is 1.18 bits per heavy atom. The van der Waals surface area contributed by atoms with E-state index >= 15 is 0 Å². The molecule has 0 saturated heterocycles. The largest absolute Gasteiger partial charge is 0.396 e. The number of ether oxygens (including phenoxy) is 2. The predicted molar refractivity (Wildman–Crippen MR) is 144 cm³/mol. The van der Waals surface area contributed by atoms with Crippen molar-refractivity contribution < 1.29 is 29.3 Å². The van der Waals surface area contributed by atoms with Gasteiger partial charge in [0, 0.05) is 65.0 Å². The van der Waals surface area contributed by atoms with Gasteiger partial charge >= 0.3 is 0 Å². The number of rotatable bonds is 13. The van der Waals surface area contributed by atoms with Gasteiger partial charge in [-0.15, -0.1) is 0 Å². The zero-order valence-electron chi connectivity index (χ0n) is 21.1. The van der Waals surface area contributed by atoms with Gasteiger partial charge in [0.05, 0.1) is 44.2 Å². The van der Waals surface area contributed by atoms with Crippen LogP contribution < -0.4 is 5.32 Å². The molecule has 0 saturated carbocycles. The van der Waals surface area contributed by atoms with E-state index in [0.29, 0.717) is 61.6 Å². The van der Waals surface area contributed by atoms with Crippen LogP contribution in [0, 0.1) is 0 Å². The second-order valence-electron chi connectivity index (χ2n) is 9.07. The Balaban J connectivity index is 1.54. The van der Waals surface area contributed by atoms with E-state index in [1.165, 1.54) is 0 Å². The molecule has 9 nitrogen and oxygen atoms in total. The molecule has 0 fully saturated rings. The summed E-state index contributed by atoms with van der Waals surface area (Å²) < 4.78 is 15.0. The van der Waals surface area contributed by atoms with E-state index in [1.54, 1.807) is 0 Å². The number of nitrogens with zero attached hydrogens (tertiary/aromatic N) is 2. The highest BCUT2D eigenvalue weighted by atomic mass is 16.5. The Labute approximate surface area is 219 Å². The zero-order valence-corrected chi connectivity index (χ0v) is 21.1. The van der Waals surface area contributed by atoms with Gasteiger partial charge in [0.15, 0.2) is 0 Å². The number of carbonyl (C=O) groups excluding carboxylic acids is 2. The van der Waals surface area contributed by atoms with Crippen LogP contribution in [-0.4, -0.2) is 70.8 Å². The number of aryl methyl sites for hydroxylation is 1. The number of para-hydroxylation sites is 2. The van der Waals surface area contributed by atoms with Crippen molar-refractivity contribution in [3.8, 4) is 0 Å². The van der Waals surface area contributed by atoms with Crippen molar-refractivity contribution in [3.63, 3.8) is 0 Å². The standard InChI is InChI=1S/C29H31N3O6/c33-12-5-10-31-18-22(20-6-1-3-8-24(20)31)26-27(29(36)30-28(26)35)23-19-32(25-9-4-2-7-21(23)25)11-14-37-16-17-38-15-13-34/h1-4,6-9,18-19,33-34H,5,10-17H2,(H,30,35,36). The van der Waals surface area contributed by atoms with Crippen molar-refractivity contribution in [1.82, 2.24) is 14.5 Å². The number of amides is 2. The van der Waals surface area contributed by atoms with Crippen LogP contribution in [-0.2, 0) is 32.2 Å². The Bertz CT molecular complexity index is 1500. The number of aromatic nitrogens is 2. The van der Waals surface area contributed by atoms with Crippen molar-refractivity contribution in [2.24, 2.45) is 0 Å². The number of nitrogens with one attached hydrogen (secondary N) is 1. The van der Waals surface area contributed by atoms with Crippen LogP contribution in [0.15, 0.2) is 60.9 Å². The van der Waals surface area contributed by atoms with Crippen molar-refractivity contribution in [3.05, 3.63) is 72.1 Å². The molecule has 9 heteroatoms. The van der Waals surface area contributed by atoms with Crippen LogP contribution in [0.3, 0.4) is 0 Å². The van der Waals surface area contributed by atoms with Gasteiger partial charge in [-0.1, -0.05) is 36.4 Å². The topological polar surface area (TPSA) is 115 Å². The summed E-state index contributed by atoms with van der Waals surface area (Å²) in [6.07, 6.45) is 4.40. The van der Waals surface area contributed by atoms with Gasteiger partial charge in [-0.3, -0.25) is 14.9 Å². The van der Waals surface area contributed by atoms with E-state index in [-0.39, 0.29) is 19.8 Å². The second kappa shape index (κ2) is 11.7. The Morgan fingerprint density at radius 3 is 1.74 bits per heavy atom. The molecule has 0 unspecified atom stereocenters. The molecule has 2 aromatic heterocycles. The summed E-state index contributed by atoms with van der Waals surface area (Å²) in [5.41, 5.74) is 3.98. The van der Waals surface area contributed by atoms with Crippen molar-refractivity contribution in [1.29, 1.82) is 0 Å². The average molecular weight is 518 g/mol. The van der Waals surface area contributed by atoms with Gasteiger partial charge in [0.1, 0.15) is 0 Å². The lowest BCUT2D eigenvalue weighted by Crippen LogP contribution is -2.22. The van der Waals surface area contributed by atoms with Gasteiger partial charge in [-0.05, 0) is 18.6 Å². The van der Waals surface area contributed by atoms with Crippen molar-refractivity contribution >= 4 is 44.8 Å². The van der Waals surface area contributed by atoms with E-state index in [0.717, 1.165) is 21.8 Å². The molecule has 3 heterocycles. The molecule has 198 valence electrons. The minimum absolute atomic E-state index is 0.0186. The highest BCUT2D eigenvalue weighted by molar-refractivity contribution is 6.50. The van der Waals surface area contributed by atoms with E-state index in [4.69, 9.17) is 14.6 Å². The maximum atomic E-state index is 13.2. The molecule has 1 aliphatic rings. The van der Waals surface area contributed by atoms with Crippen LogP contribution in [0.5, 0.6) is 0 Å². The SMILES string of the molecule is O=C1NC(=O)C(c2cn(CCOCCOCCO)c3ccccc23)=C1c1cn(CCCO)c2ccccc12. The normalized spacial score (nSPS) is 13.8. The van der Waals surface area contributed by atoms with Gasteiger partial charge in [-0.25, -0.2) is 0 Å². The molecule has 1 aliphatic heterocycles. The third-order valence-corrected chi connectivity index (χ3v) is 6.69. The summed E-state index contributed by atoms with van der Waals surface area (Å²) in [5, 5.41) is 22.4. The van der Waals surface area contributed by atoms with Gasteiger partial charge < -0.3 is 28.8 Å². The molecule has 0 atom stereocenters. The van der Waals surface area contributed by atoms with Crippen LogP contribution in [0.1, 0.15) is 17.5 Å². The molecular formula is C29H31N3O6. The molecule has 2 amide bonds. The quantitative estimate of drug-likeness (QED) is 0.186. The molecule has 0 spiro atoms. The first-order valence-electron chi connectivity index (χ1n) is 12.8. The lowest BCUT2D eigenvalue weighted by Gasteiger charge is -2.07. The first-order chi connectivity index (χ1) is 18.6. The summed E-state index contributed by atoms with van der Waals surface area (Å²) in [6.45, 7) is 2.74. The molecule has 0 bridgehead atoms. The van der Waals surface area contributed by atoms with Gasteiger partial charge in [-0.2, -0.15) is 0 Å². The van der Waals surface area contributed by atoms with E-state index < -0.39 is 11.8 Å². The summed E-state index contributed by atoms with van der Waals surface area (Å²) in [4.78, 5) is 26.4. The van der Waals surface area contributed by atoms with Crippen LogP contribution in [0.2, 0.25) is 0 Å². The maximum Gasteiger partial charge on any atom is 0.259 e. The molecule has 0 aliphatic carbocycles. The first kappa shape index (κ1) is 25.9. The number of hydrogen-bond acceptors (Lipinski definition) is 6. The van der Waals surface area contributed by atoms with E-state index in [2.05, 4.69) is 5.32 Å². The molecule has 38 heavy (non-hydrogen) atoms. The number of hydrogen-bond donors (Lipinski definition) is 3. The van der Waals surface area contributed by atoms with Crippen LogP contribution >= 0.6 is 0 Å². The Hall–Kier alpha value is -3.76. The fourth-order valence-electron chi connectivity index (χ4n) is 5.02. The lowest BCUT2D eigenvalue weighted by atomic mass is 9.95.